The highest BCUT2D eigenvalue weighted by atomic mass is 15.3. The Kier molecular flexibility index (Phi) is 7.37. The fourth-order valence-corrected chi connectivity index (χ4v) is 6.10. The predicted octanol–water partition coefficient (Wildman–Crippen LogP) is 5.72. The Bertz CT molecular complexity index is 1200. The van der Waals surface area contributed by atoms with Crippen molar-refractivity contribution in [1.29, 1.82) is 0 Å². The van der Waals surface area contributed by atoms with Crippen molar-refractivity contribution in [2.24, 2.45) is 0 Å². The first-order chi connectivity index (χ1) is 18.3. The van der Waals surface area contributed by atoms with Crippen molar-refractivity contribution < 1.29 is 0 Å². The number of hydrogen-bond donors (Lipinski definition) is 4. The zero-order chi connectivity index (χ0) is 24.9. The largest absolute Gasteiger partial charge is 0.363 e. The van der Waals surface area contributed by atoms with Crippen LogP contribution in [0.1, 0.15) is 54.5 Å². The van der Waals surface area contributed by atoms with Gasteiger partial charge in [-0.2, -0.15) is 0 Å². The van der Waals surface area contributed by atoms with Crippen LogP contribution in [0.2, 0.25) is 0 Å². The molecule has 1 aliphatic carbocycles. The molecule has 4 N–H and O–H groups in total. The smallest absolute Gasteiger partial charge is 0.110 e. The molecule has 2 aromatic carbocycles. The van der Waals surface area contributed by atoms with E-state index < -0.39 is 0 Å². The summed E-state index contributed by atoms with van der Waals surface area (Å²) >= 11 is 0. The number of para-hydroxylation sites is 3. The second-order valence-corrected chi connectivity index (χ2v) is 10.4. The summed E-state index contributed by atoms with van der Waals surface area (Å²) in [6.07, 6.45) is 12.4. The molecule has 0 spiro atoms. The molecule has 6 nitrogen and oxygen atoms in total. The normalized spacial score (nSPS) is 19.9. The van der Waals surface area contributed by atoms with Crippen LogP contribution in [0.5, 0.6) is 0 Å². The van der Waals surface area contributed by atoms with Gasteiger partial charge in [-0.1, -0.05) is 42.5 Å². The summed E-state index contributed by atoms with van der Waals surface area (Å²) in [7, 11) is 0. The van der Waals surface area contributed by atoms with Crippen molar-refractivity contribution >= 4 is 17.1 Å². The predicted molar refractivity (Wildman–Crippen MR) is 153 cm³/mol. The van der Waals surface area contributed by atoms with Gasteiger partial charge in [-0.25, -0.2) is 0 Å². The van der Waals surface area contributed by atoms with Gasteiger partial charge < -0.3 is 21.3 Å². The Morgan fingerprint density at radius 2 is 1.73 bits per heavy atom. The van der Waals surface area contributed by atoms with Gasteiger partial charge in [0.25, 0.3) is 0 Å². The number of nitrogens with zero attached hydrogens (tertiary/aromatic N) is 2. The molecule has 2 unspecified atom stereocenters. The van der Waals surface area contributed by atoms with Crippen LogP contribution >= 0.6 is 0 Å². The third kappa shape index (κ3) is 5.50. The number of unbranched alkanes of at least 4 members (excludes halogenated alkanes) is 1. The maximum absolute atomic E-state index is 4.86. The van der Waals surface area contributed by atoms with Crippen molar-refractivity contribution in [2.45, 2.75) is 50.2 Å². The average Bonchev–Trinajstić information content (AvgIpc) is 3.36. The molecule has 2 aliphatic heterocycles. The van der Waals surface area contributed by atoms with Crippen LogP contribution < -0.4 is 21.3 Å². The van der Waals surface area contributed by atoms with Crippen molar-refractivity contribution in [1.82, 2.24) is 15.2 Å². The monoisotopic (exact) mass is 494 g/mol. The second-order valence-electron chi connectivity index (χ2n) is 10.4. The SMILES string of the molecule is C1=CC(CNCCCCN(CC2Nc3ccccc3N2)C2CCCc3cccnc32)c2ccccc2N1. The van der Waals surface area contributed by atoms with Crippen molar-refractivity contribution in [3.63, 3.8) is 0 Å². The van der Waals surface area contributed by atoms with E-state index in [1.165, 1.54) is 59.6 Å². The number of aromatic nitrogens is 1. The molecule has 1 aromatic heterocycles. The van der Waals surface area contributed by atoms with Gasteiger partial charge in [0.15, 0.2) is 0 Å². The summed E-state index contributed by atoms with van der Waals surface area (Å²) in [4.78, 5) is 7.53. The van der Waals surface area contributed by atoms with E-state index in [4.69, 9.17) is 4.98 Å². The van der Waals surface area contributed by atoms with Crippen LogP contribution in [-0.4, -0.2) is 42.2 Å². The van der Waals surface area contributed by atoms with Gasteiger partial charge in [0, 0.05) is 30.9 Å². The molecule has 6 heteroatoms. The maximum Gasteiger partial charge on any atom is 0.110 e. The molecule has 0 bridgehead atoms. The average molecular weight is 495 g/mol. The standard InChI is InChI=1S/C31H38N6/c1-2-12-26-25(11-1)24(16-19-33-26)21-32-17-5-6-20-37(22-30-35-27-13-3-4-14-28(27)36-30)29-15-7-9-23-10-8-18-34-31(23)29/h1-4,8,10-14,16,18-19,24,29-30,32-33,35-36H,5-7,9,15,17,20-22H2. The van der Waals surface area contributed by atoms with Gasteiger partial charge in [-0.05, 0) is 86.8 Å². The van der Waals surface area contributed by atoms with Crippen LogP contribution in [0.4, 0.5) is 17.1 Å². The summed E-state index contributed by atoms with van der Waals surface area (Å²) in [5.74, 6) is 0.430. The topological polar surface area (TPSA) is 64.2 Å². The van der Waals surface area contributed by atoms with Crippen molar-refractivity contribution in [3.8, 4) is 0 Å². The lowest BCUT2D eigenvalue weighted by Crippen LogP contribution is -2.42. The van der Waals surface area contributed by atoms with E-state index in [1.54, 1.807) is 0 Å². The summed E-state index contributed by atoms with van der Waals surface area (Å²) in [6, 6.07) is 21.9. The minimum absolute atomic E-state index is 0.219. The molecule has 192 valence electrons. The lowest BCUT2D eigenvalue weighted by atomic mass is 9.90. The molecule has 0 amide bonds. The number of fused-ring (bicyclic) bond motifs is 3. The first-order valence-corrected chi connectivity index (χ1v) is 13.9. The molecule has 0 saturated heterocycles. The van der Waals surface area contributed by atoms with E-state index in [1.807, 2.05) is 6.20 Å². The van der Waals surface area contributed by atoms with Crippen LogP contribution in [-0.2, 0) is 6.42 Å². The molecule has 0 radical (unpaired) electrons. The number of benzene rings is 2. The zero-order valence-corrected chi connectivity index (χ0v) is 21.5. The molecular weight excluding hydrogens is 456 g/mol. The minimum atomic E-state index is 0.219. The number of aryl methyl sites for hydroxylation is 1. The Hall–Kier alpha value is -3.35. The van der Waals surface area contributed by atoms with E-state index in [-0.39, 0.29) is 6.17 Å². The van der Waals surface area contributed by atoms with E-state index in [2.05, 4.69) is 99.1 Å². The van der Waals surface area contributed by atoms with Gasteiger partial charge in [0.1, 0.15) is 6.17 Å². The quantitative estimate of drug-likeness (QED) is 0.271. The highest BCUT2D eigenvalue weighted by Crippen LogP contribution is 2.35. The fourth-order valence-electron chi connectivity index (χ4n) is 6.10. The molecule has 37 heavy (non-hydrogen) atoms. The van der Waals surface area contributed by atoms with E-state index in [0.717, 1.165) is 32.6 Å². The number of pyridine rings is 1. The zero-order valence-electron chi connectivity index (χ0n) is 21.5. The van der Waals surface area contributed by atoms with Gasteiger partial charge in [-0.15, -0.1) is 0 Å². The Labute approximate surface area is 220 Å². The highest BCUT2D eigenvalue weighted by Gasteiger charge is 2.30. The first kappa shape index (κ1) is 24.0. The minimum Gasteiger partial charge on any atom is -0.363 e. The molecule has 3 aromatic rings. The molecule has 3 aliphatic rings. The third-order valence-electron chi connectivity index (χ3n) is 7.95. The molecule has 6 rings (SSSR count). The van der Waals surface area contributed by atoms with E-state index in [9.17, 15) is 0 Å². The number of nitrogens with one attached hydrogen (secondary N) is 4. The summed E-state index contributed by atoms with van der Waals surface area (Å²) in [5, 5.41) is 14.4. The van der Waals surface area contributed by atoms with Crippen LogP contribution in [0.15, 0.2) is 79.1 Å². The van der Waals surface area contributed by atoms with Crippen LogP contribution in [0.3, 0.4) is 0 Å². The van der Waals surface area contributed by atoms with Gasteiger partial charge in [0.05, 0.1) is 23.1 Å². The fraction of sp³-hybridized carbons (Fsp3) is 0.387. The summed E-state index contributed by atoms with van der Waals surface area (Å²) in [6.45, 7) is 4.06. The number of anilines is 3. The lowest BCUT2D eigenvalue weighted by Gasteiger charge is -2.36. The molecule has 2 atom stereocenters. The Morgan fingerprint density at radius 3 is 2.59 bits per heavy atom. The van der Waals surface area contributed by atoms with Crippen molar-refractivity contribution in [2.75, 3.05) is 42.1 Å². The summed E-state index contributed by atoms with van der Waals surface area (Å²) < 4.78 is 0. The lowest BCUT2D eigenvalue weighted by molar-refractivity contribution is 0.168. The van der Waals surface area contributed by atoms with E-state index >= 15 is 0 Å². The van der Waals surface area contributed by atoms with Gasteiger partial charge >= 0.3 is 0 Å². The van der Waals surface area contributed by atoms with Gasteiger partial charge in [0.2, 0.25) is 0 Å². The third-order valence-corrected chi connectivity index (χ3v) is 7.95. The van der Waals surface area contributed by atoms with Crippen LogP contribution in [0.25, 0.3) is 0 Å². The van der Waals surface area contributed by atoms with Crippen molar-refractivity contribution in [3.05, 3.63) is 96.0 Å². The van der Waals surface area contributed by atoms with Crippen LogP contribution in [0, 0.1) is 0 Å². The maximum atomic E-state index is 4.86. The number of hydrogen-bond acceptors (Lipinski definition) is 6. The molecular formula is C31H38N6. The Morgan fingerprint density at radius 1 is 0.919 bits per heavy atom. The molecule has 0 fully saturated rings. The second kappa shape index (κ2) is 11.4. The Balaban J connectivity index is 1.05. The molecule has 3 heterocycles. The molecule has 0 saturated carbocycles. The highest BCUT2D eigenvalue weighted by molar-refractivity contribution is 5.74. The summed E-state index contributed by atoms with van der Waals surface area (Å²) in [5.41, 5.74) is 7.73. The number of rotatable bonds is 10. The first-order valence-electron chi connectivity index (χ1n) is 13.9. The van der Waals surface area contributed by atoms with E-state index in [0.29, 0.717) is 12.0 Å². The van der Waals surface area contributed by atoms with Gasteiger partial charge in [-0.3, -0.25) is 9.88 Å².